The third-order valence-corrected chi connectivity index (χ3v) is 2.95. The fourth-order valence-corrected chi connectivity index (χ4v) is 1.86. The van der Waals surface area contributed by atoms with Gasteiger partial charge in [0.2, 0.25) is 0 Å². The average molecular weight is 279 g/mol. The highest BCUT2D eigenvalue weighted by Gasteiger charge is 2.06. The zero-order valence-corrected chi connectivity index (χ0v) is 11.1. The molecule has 2 rings (SSSR count). The van der Waals surface area contributed by atoms with Gasteiger partial charge >= 0.3 is 0 Å². The van der Waals surface area contributed by atoms with Crippen LogP contribution in [0.25, 0.3) is 6.08 Å². The van der Waals surface area contributed by atoms with Gasteiger partial charge in [-0.05, 0) is 43.3 Å². The first-order valence-electron chi connectivity index (χ1n) is 5.81. The largest absolute Gasteiger partial charge is 0.289 e. The highest BCUT2D eigenvalue weighted by molar-refractivity contribution is 6.31. The molecule has 0 spiro atoms. The second kappa shape index (κ2) is 5.80. The first kappa shape index (κ1) is 13.5. The quantitative estimate of drug-likeness (QED) is 0.633. The second-order valence-corrected chi connectivity index (χ2v) is 4.31. The summed E-state index contributed by atoms with van der Waals surface area (Å²) >= 11 is 5.98. The Balaban J connectivity index is 2.20. The van der Waals surface area contributed by atoms with E-state index in [9.17, 15) is 9.18 Å². The highest BCUT2D eigenvalue weighted by atomic mass is 35.5. The van der Waals surface area contributed by atoms with Gasteiger partial charge in [-0.25, -0.2) is 4.39 Å². The number of ketones is 1. The fraction of sp³-hybridized carbons (Fsp3) is 0.143. The van der Waals surface area contributed by atoms with E-state index < -0.39 is 0 Å². The molecule has 0 aliphatic rings. The molecule has 19 heavy (non-hydrogen) atoms. The molecule has 1 aromatic carbocycles. The minimum Gasteiger partial charge on any atom is -0.289 e. The van der Waals surface area contributed by atoms with Gasteiger partial charge in [0.1, 0.15) is 5.82 Å². The van der Waals surface area contributed by atoms with Crippen molar-refractivity contribution in [3.63, 3.8) is 0 Å². The molecule has 3 nitrogen and oxygen atoms in total. The smallest absolute Gasteiger partial charge is 0.185 e. The van der Waals surface area contributed by atoms with Crippen molar-refractivity contribution < 1.29 is 9.18 Å². The van der Waals surface area contributed by atoms with Crippen molar-refractivity contribution in [3.05, 3.63) is 58.6 Å². The molecule has 0 unspecified atom stereocenters. The summed E-state index contributed by atoms with van der Waals surface area (Å²) in [4.78, 5) is 11.9. The second-order valence-electron chi connectivity index (χ2n) is 3.90. The molecule has 98 valence electrons. The maximum atomic E-state index is 12.8. The van der Waals surface area contributed by atoms with E-state index in [4.69, 9.17) is 11.6 Å². The summed E-state index contributed by atoms with van der Waals surface area (Å²) in [5.74, 6) is -0.576. The number of aromatic nitrogens is 2. The summed E-state index contributed by atoms with van der Waals surface area (Å²) < 4.78 is 14.4. The normalized spacial score (nSPS) is 11.1. The molecule has 5 heteroatoms. The Labute approximate surface area is 115 Å². The van der Waals surface area contributed by atoms with E-state index in [0.29, 0.717) is 22.8 Å². The van der Waals surface area contributed by atoms with Gasteiger partial charge in [-0.1, -0.05) is 11.6 Å². The highest BCUT2D eigenvalue weighted by Crippen LogP contribution is 2.17. The van der Waals surface area contributed by atoms with Crippen LogP contribution in [0.5, 0.6) is 0 Å². The van der Waals surface area contributed by atoms with E-state index in [1.54, 1.807) is 10.8 Å². The first-order valence-corrected chi connectivity index (χ1v) is 6.19. The van der Waals surface area contributed by atoms with Gasteiger partial charge in [-0.3, -0.25) is 9.48 Å². The van der Waals surface area contributed by atoms with E-state index in [-0.39, 0.29) is 11.6 Å². The summed E-state index contributed by atoms with van der Waals surface area (Å²) in [6.07, 6.45) is 4.56. The van der Waals surface area contributed by atoms with Crippen molar-refractivity contribution in [2.75, 3.05) is 0 Å². The Kier molecular flexibility index (Phi) is 4.12. The van der Waals surface area contributed by atoms with Crippen LogP contribution in [0.3, 0.4) is 0 Å². The predicted molar refractivity (Wildman–Crippen MR) is 72.7 cm³/mol. The summed E-state index contributed by atoms with van der Waals surface area (Å²) in [5, 5.41) is 4.56. The van der Waals surface area contributed by atoms with Crippen LogP contribution < -0.4 is 0 Å². The topological polar surface area (TPSA) is 34.9 Å². The Morgan fingerprint density at radius 2 is 2.11 bits per heavy atom. The number of hydrogen-bond acceptors (Lipinski definition) is 2. The molecule has 0 aliphatic carbocycles. The molecule has 1 heterocycles. The molecule has 0 aliphatic heterocycles. The minimum atomic E-state index is -0.368. The zero-order valence-electron chi connectivity index (χ0n) is 10.3. The Bertz CT molecular complexity index is 617. The number of allylic oxidation sites excluding steroid dienone is 1. The molecular formula is C14H12ClFN2O. The predicted octanol–water partition coefficient (Wildman–Crippen LogP) is 3.59. The number of nitrogens with zero attached hydrogens (tertiary/aromatic N) is 2. The van der Waals surface area contributed by atoms with Crippen LogP contribution in [0.2, 0.25) is 5.02 Å². The maximum absolute atomic E-state index is 12.8. The average Bonchev–Trinajstić information content (AvgIpc) is 2.77. The van der Waals surface area contributed by atoms with Crippen molar-refractivity contribution in [3.8, 4) is 0 Å². The van der Waals surface area contributed by atoms with E-state index in [1.807, 2.05) is 6.92 Å². The lowest BCUT2D eigenvalue weighted by molar-refractivity contribution is 0.104. The molecule has 0 fully saturated rings. The molecule has 1 aromatic heterocycles. The molecule has 0 saturated heterocycles. The lowest BCUT2D eigenvalue weighted by atomic mass is 10.1. The summed E-state index contributed by atoms with van der Waals surface area (Å²) in [6, 6.07) is 5.40. The minimum absolute atomic E-state index is 0.208. The number of carbonyl (C=O) groups is 1. The summed E-state index contributed by atoms with van der Waals surface area (Å²) in [7, 11) is 0. The van der Waals surface area contributed by atoms with Gasteiger partial charge < -0.3 is 0 Å². The Morgan fingerprint density at radius 3 is 2.74 bits per heavy atom. The van der Waals surface area contributed by atoms with Gasteiger partial charge in [0.05, 0.1) is 16.9 Å². The summed E-state index contributed by atoms with van der Waals surface area (Å²) in [6.45, 7) is 2.60. The molecule has 0 atom stereocenters. The molecule has 0 bridgehead atoms. The van der Waals surface area contributed by atoms with E-state index >= 15 is 0 Å². The molecular weight excluding hydrogens is 267 g/mol. The lowest BCUT2D eigenvalue weighted by Crippen LogP contribution is -1.99. The van der Waals surface area contributed by atoms with Crippen molar-refractivity contribution >= 4 is 23.5 Å². The zero-order chi connectivity index (χ0) is 13.8. The summed E-state index contributed by atoms with van der Waals surface area (Å²) in [5.41, 5.74) is 1.11. The molecule has 0 saturated carbocycles. The molecule has 0 amide bonds. The van der Waals surface area contributed by atoms with Crippen LogP contribution in [0.4, 0.5) is 4.39 Å². The SMILES string of the molecule is CCn1ncc(Cl)c1/C=C/C(=O)c1ccc(F)cc1. The third kappa shape index (κ3) is 3.09. The van der Waals surface area contributed by atoms with E-state index in [0.717, 1.165) is 0 Å². The Morgan fingerprint density at radius 1 is 1.42 bits per heavy atom. The molecule has 0 radical (unpaired) electrons. The fourth-order valence-electron chi connectivity index (χ4n) is 1.65. The number of hydrogen-bond donors (Lipinski definition) is 0. The number of halogens is 2. The van der Waals surface area contributed by atoms with Crippen LogP contribution >= 0.6 is 11.6 Å². The monoisotopic (exact) mass is 278 g/mol. The standard InChI is InChI=1S/C14H12ClFN2O/c1-2-18-13(12(15)9-17-18)7-8-14(19)10-3-5-11(16)6-4-10/h3-9H,2H2,1H3/b8-7+. The van der Waals surface area contributed by atoms with E-state index in [2.05, 4.69) is 5.10 Å². The van der Waals surface area contributed by atoms with Crippen LogP contribution in [0.1, 0.15) is 23.0 Å². The van der Waals surface area contributed by atoms with E-state index in [1.165, 1.54) is 36.5 Å². The van der Waals surface area contributed by atoms with Crippen molar-refractivity contribution in [2.24, 2.45) is 0 Å². The number of aryl methyl sites for hydroxylation is 1. The van der Waals surface area contributed by atoms with Crippen LogP contribution in [-0.2, 0) is 6.54 Å². The van der Waals surface area contributed by atoms with Gasteiger partial charge in [0, 0.05) is 12.1 Å². The van der Waals surface area contributed by atoms with Gasteiger partial charge in [-0.2, -0.15) is 5.10 Å². The lowest BCUT2D eigenvalue weighted by Gasteiger charge is -2.00. The maximum Gasteiger partial charge on any atom is 0.185 e. The number of benzene rings is 1. The first-order chi connectivity index (χ1) is 9.11. The van der Waals surface area contributed by atoms with Crippen molar-refractivity contribution in [1.29, 1.82) is 0 Å². The van der Waals surface area contributed by atoms with Crippen molar-refractivity contribution in [1.82, 2.24) is 9.78 Å². The van der Waals surface area contributed by atoms with Crippen LogP contribution in [-0.4, -0.2) is 15.6 Å². The van der Waals surface area contributed by atoms with Crippen molar-refractivity contribution in [2.45, 2.75) is 13.5 Å². The number of carbonyl (C=O) groups excluding carboxylic acids is 1. The van der Waals surface area contributed by atoms with Gasteiger partial charge in [0.25, 0.3) is 0 Å². The Hall–Kier alpha value is -1.94. The molecule has 2 aromatic rings. The molecule has 0 N–H and O–H groups in total. The van der Waals surface area contributed by atoms with Crippen LogP contribution in [0, 0.1) is 5.82 Å². The number of rotatable bonds is 4. The van der Waals surface area contributed by atoms with Gasteiger partial charge in [0.15, 0.2) is 5.78 Å². The third-order valence-electron chi connectivity index (χ3n) is 2.65. The van der Waals surface area contributed by atoms with Gasteiger partial charge in [-0.15, -0.1) is 0 Å². The van der Waals surface area contributed by atoms with Crippen LogP contribution in [0.15, 0.2) is 36.5 Å².